The van der Waals surface area contributed by atoms with Gasteiger partial charge in [0.25, 0.3) is 5.56 Å². The Hall–Kier alpha value is -4.12. The van der Waals surface area contributed by atoms with Gasteiger partial charge in [0.2, 0.25) is 0 Å². The maximum Gasteiger partial charge on any atom is 0.278 e. The van der Waals surface area contributed by atoms with Crippen LogP contribution < -0.4 is 15.0 Å². The van der Waals surface area contributed by atoms with Gasteiger partial charge in [0.05, 0.1) is 31.2 Å². The predicted molar refractivity (Wildman–Crippen MR) is 125 cm³/mol. The van der Waals surface area contributed by atoms with E-state index in [0.29, 0.717) is 34.2 Å². The highest BCUT2D eigenvalue weighted by molar-refractivity contribution is 7.98. The molecule has 0 atom stereocenters. The molecule has 0 aliphatic carbocycles. The molecular formula is C23H20N6O4S. The monoisotopic (exact) mass is 476 g/mol. The number of fused-ring (bicyclic) bond motifs is 1. The van der Waals surface area contributed by atoms with E-state index in [1.165, 1.54) is 16.4 Å². The van der Waals surface area contributed by atoms with Crippen molar-refractivity contribution < 1.29 is 13.9 Å². The molecule has 0 saturated heterocycles. The Kier molecular flexibility index (Phi) is 6.25. The zero-order chi connectivity index (χ0) is 23.3. The third-order valence-corrected chi connectivity index (χ3v) is 5.99. The quantitative estimate of drug-likeness (QED) is 0.296. The van der Waals surface area contributed by atoms with Crippen molar-refractivity contribution in [2.75, 3.05) is 7.11 Å². The van der Waals surface area contributed by atoms with Crippen molar-refractivity contribution in [3.8, 4) is 11.5 Å². The summed E-state index contributed by atoms with van der Waals surface area (Å²) in [4.78, 5) is 12.8. The van der Waals surface area contributed by atoms with Crippen LogP contribution in [0.3, 0.4) is 0 Å². The molecule has 0 amide bonds. The Bertz CT molecular complexity index is 1450. The molecule has 0 spiro atoms. The molecule has 0 N–H and O–H groups in total. The van der Waals surface area contributed by atoms with E-state index in [2.05, 4.69) is 20.5 Å². The molecule has 3 aromatic heterocycles. The second-order valence-electron chi connectivity index (χ2n) is 7.21. The first-order valence-electron chi connectivity index (χ1n) is 10.4. The van der Waals surface area contributed by atoms with E-state index in [1.54, 1.807) is 31.6 Å². The third kappa shape index (κ3) is 4.64. The molecule has 0 fully saturated rings. The number of aromatic nitrogens is 6. The minimum Gasteiger partial charge on any atom is -0.497 e. The SMILES string of the molecule is COc1ccc(OCc2nnc(SCn3nnc4ccccc4c3=O)n2Cc2ccco2)cc1. The molecule has 5 rings (SSSR count). The lowest BCUT2D eigenvalue weighted by Crippen LogP contribution is -2.23. The Morgan fingerprint density at radius 1 is 0.971 bits per heavy atom. The van der Waals surface area contributed by atoms with Crippen molar-refractivity contribution in [2.24, 2.45) is 0 Å². The summed E-state index contributed by atoms with van der Waals surface area (Å²) in [6, 6.07) is 18.1. The number of nitrogens with zero attached hydrogens (tertiary/aromatic N) is 6. The predicted octanol–water partition coefficient (Wildman–Crippen LogP) is 3.36. The number of furan rings is 1. The fourth-order valence-electron chi connectivity index (χ4n) is 3.30. The normalized spacial score (nSPS) is 11.1. The number of methoxy groups -OCH3 is 1. The van der Waals surface area contributed by atoms with Gasteiger partial charge >= 0.3 is 0 Å². The highest BCUT2D eigenvalue weighted by Crippen LogP contribution is 2.22. The molecule has 0 unspecified atom stereocenters. The number of hydrogen-bond donors (Lipinski definition) is 0. The molecule has 0 bridgehead atoms. The van der Waals surface area contributed by atoms with Gasteiger partial charge in [-0.1, -0.05) is 29.1 Å². The lowest BCUT2D eigenvalue weighted by Gasteiger charge is -2.10. The molecule has 10 nitrogen and oxygen atoms in total. The molecule has 0 saturated carbocycles. The molecule has 11 heteroatoms. The van der Waals surface area contributed by atoms with Crippen molar-refractivity contribution in [1.29, 1.82) is 0 Å². The van der Waals surface area contributed by atoms with Crippen LogP contribution in [-0.2, 0) is 19.0 Å². The average Bonchev–Trinajstić information content (AvgIpc) is 3.53. The number of thioether (sulfide) groups is 1. The third-order valence-electron chi connectivity index (χ3n) is 5.06. The van der Waals surface area contributed by atoms with E-state index in [9.17, 15) is 4.79 Å². The van der Waals surface area contributed by atoms with Crippen LogP contribution in [0.4, 0.5) is 0 Å². The van der Waals surface area contributed by atoms with Crippen LogP contribution in [-0.4, -0.2) is 36.9 Å². The van der Waals surface area contributed by atoms with Crippen LogP contribution in [0, 0.1) is 0 Å². The van der Waals surface area contributed by atoms with Crippen molar-refractivity contribution in [3.05, 3.63) is 88.9 Å². The largest absolute Gasteiger partial charge is 0.497 e. The highest BCUT2D eigenvalue weighted by Gasteiger charge is 2.16. The van der Waals surface area contributed by atoms with Crippen LogP contribution in [0.1, 0.15) is 11.6 Å². The van der Waals surface area contributed by atoms with Gasteiger partial charge in [-0.05, 0) is 48.5 Å². The van der Waals surface area contributed by atoms with E-state index < -0.39 is 0 Å². The van der Waals surface area contributed by atoms with Crippen molar-refractivity contribution in [3.63, 3.8) is 0 Å². The lowest BCUT2D eigenvalue weighted by atomic mass is 10.2. The van der Waals surface area contributed by atoms with Gasteiger partial charge in [0.15, 0.2) is 11.0 Å². The van der Waals surface area contributed by atoms with Gasteiger partial charge < -0.3 is 13.9 Å². The molecule has 0 radical (unpaired) electrons. The molecule has 5 aromatic rings. The molecule has 172 valence electrons. The molecule has 34 heavy (non-hydrogen) atoms. The summed E-state index contributed by atoms with van der Waals surface area (Å²) >= 11 is 1.33. The van der Waals surface area contributed by atoms with Crippen LogP contribution >= 0.6 is 11.8 Å². The van der Waals surface area contributed by atoms with Crippen molar-refractivity contribution in [2.45, 2.75) is 24.2 Å². The highest BCUT2D eigenvalue weighted by atomic mass is 32.2. The van der Waals surface area contributed by atoms with Gasteiger partial charge in [-0.2, -0.15) is 4.68 Å². The van der Waals surface area contributed by atoms with Crippen molar-refractivity contribution in [1.82, 2.24) is 29.8 Å². The zero-order valence-corrected chi connectivity index (χ0v) is 19.0. The Morgan fingerprint density at radius 2 is 1.79 bits per heavy atom. The Balaban J connectivity index is 1.36. The van der Waals surface area contributed by atoms with E-state index in [1.807, 2.05) is 47.0 Å². The van der Waals surface area contributed by atoms with Crippen molar-refractivity contribution >= 4 is 22.7 Å². The molecule has 0 aliphatic heterocycles. The van der Waals surface area contributed by atoms with Gasteiger partial charge in [-0.3, -0.25) is 9.36 Å². The van der Waals surface area contributed by atoms with Crippen LogP contribution in [0.5, 0.6) is 11.5 Å². The molecule has 2 aromatic carbocycles. The molecule has 3 heterocycles. The fraction of sp³-hybridized carbons (Fsp3) is 0.174. The van der Waals surface area contributed by atoms with Gasteiger partial charge in [0.1, 0.15) is 29.4 Å². The Labute approximate surface area is 198 Å². The fourth-order valence-corrected chi connectivity index (χ4v) is 4.13. The Morgan fingerprint density at radius 3 is 2.59 bits per heavy atom. The smallest absolute Gasteiger partial charge is 0.278 e. The summed E-state index contributed by atoms with van der Waals surface area (Å²) in [6.07, 6.45) is 1.62. The topological polar surface area (TPSA) is 110 Å². The summed E-state index contributed by atoms with van der Waals surface area (Å²) in [5.41, 5.74) is 0.353. The first-order valence-corrected chi connectivity index (χ1v) is 11.4. The lowest BCUT2D eigenvalue weighted by molar-refractivity contribution is 0.287. The zero-order valence-electron chi connectivity index (χ0n) is 18.2. The first-order chi connectivity index (χ1) is 16.7. The summed E-state index contributed by atoms with van der Waals surface area (Å²) in [6.45, 7) is 0.623. The minimum absolute atomic E-state index is 0.205. The van der Waals surface area contributed by atoms with E-state index in [-0.39, 0.29) is 18.0 Å². The maximum atomic E-state index is 12.8. The standard InChI is InChI=1S/C23H20N6O4S/c1-31-16-8-10-17(11-9-16)33-14-21-25-26-23(28(21)13-18-5-4-12-32-18)34-15-29-22(30)19-6-2-3-7-20(19)24-27-29/h2-12H,13-15H2,1H3. The minimum atomic E-state index is -0.210. The van der Waals surface area contributed by atoms with E-state index in [4.69, 9.17) is 13.9 Å². The summed E-state index contributed by atoms with van der Waals surface area (Å²) < 4.78 is 19.8. The number of rotatable bonds is 9. The van der Waals surface area contributed by atoms with Gasteiger partial charge in [0, 0.05) is 0 Å². The van der Waals surface area contributed by atoms with Crippen LogP contribution in [0.25, 0.3) is 10.9 Å². The second-order valence-corrected chi connectivity index (χ2v) is 8.13. The second kappa shape index (κ2) is 9.79. The average molecular weight is 477 g/mol. The first kappa shape index (κ1) is 21.7. The van der Waals surface area contributed by atoms with Gasteiger partial charge in [-0.25, -0.2) is 0 Å². The van der Waals surface area contributed by atoms with Gasteiger partial charge in [-0.15, -0.1) is 15.3 Å². The van der Waals surface area contributed by atoms with E-state index in [0.717, 1.165) is 11.5 Å². The molecule has 0 aliphatic rings. The summed E-state index contributed by atoms with van der Waals surface area (Å²) in [7, 11) is 1.61. The summed E-state index contributed by atoms with van der Waals surface area (Å²) in [5, 5.41) is 17.9. The summed E-state index contributed by atoms with van der Waals surface area (Å²) in [5.74, 6) is 3.02. The maximum absolute atomic E-state index is 12.8. The van der Waals surface area contributed by atoms with E-state index >= 15 is 0 Å². The molecular weight excluding hydrogens is 456 g/mol. The number of benzene rings is 2. The number of ether oxygens (including phenoxy) is 2. The van der Waals surface area contributed by atoms with Crippen LogP contribution in [0.15, 0.2) is 81.3 Å². The van der Waals surface area contributed by atoms with Crippen LogP contribution in [0.2, 0.25) is 0 Å². The number of hydrogen-bond acceptors (Lipinski definition) is 9.